The summed E-state index contributed by atoms with van der Waals surface area (Å²) in [7, 11) is 0. The molecule has 0 bridgehead atoms. The van der Waals surface area contributed by atoms with Gasteiger partial charge in [-0.1, -0.05) is 0 Å². The van der Waals surface area contributed by atoms with Crippen LogP contribution in [0.2, 0.25) is 0 Å². The van der Waals surface area contributed by atoms with Crippen LogP contribution >= 0.6 is 0 Å². The maximum absolute atomic E-state index is 7.50. The van der Waals surface area contributed by atoms with Crippen molar-refractivity contribution in [2.75, 3.05) is 0 Å². The number of rotatable bonds is 0. The molecule has 0 aliphatic carbocycles. The molecule has 0 atom stereocenters. The smallest absolute Gasteiger partial charge is 1.00 e. The fraction of sp³-hybridized carbons (Fsp3) is 0. The first kappa shape index (κ1) is 640. The van der Waals surface area contributed by atoms with Gasteiger partial charge >= 0.3 is 21.1 Å². The van der Waals surface area contributed by atoms with Gasteiger partial charge in [-0.15, -0.1) is 0 Å². The van der Waals surface area contributed by atoms with Gasteiger partial charge in [0, 0.05) is 0 Å². The second kappa shape index (κ2) is 100000. The second-order valence-corrected chi connectivity index (χ2v) is 0. The van der Waals surface area contributed by atoms with Crippen LogP contribution in [0.5, 0.6) is 0 Å². The van der Waals surface area contributed by atoms with Gasteiger partial charge in [0.15, 0.2) is 0 Å². The van der Waals surface area contributed by atoms with Gasteiger partial charge in [-0.05, 0) is 0 Å². The van der Waals surface area contributed by atoms with Crippen LogP contribution < -0.4 is 28.2 Å². The van der Waals surface area contributed by atoms with Crippen molar-refractivity contribution in [2.24, 2.45) is 0 Å². The molecule has 0 aliphatic rings. The van der Waals surface area contributed by atoms with E-state index in [1.165, 1.54) is 0 Å². The minimum absolute atomic E-state index is 0. The van der Waals surface area contributed by atoms with Crippen LogP contribution in [0.15, 0.2) is 0 Å². The minimum atomic E-state index is 0. The summed E-state index contributed by atoms with van der Waals surface area (Å²) in [6.07, 6.45) is 0. The molecule has 0 aromatic rings. The summed E-state index contributed by atoms with van der Waals surface area (Å²) in [5.41, 5.74) is 0. The summed E-state index contributed by atoms with van der Waals surface area (Å²) in [6, 6.07) is 0. The summed E-state index contributed by atoms with van der Waals surface area (Å²) in [5.74, 6) is 0. The van der Waals surface area contributed by atoms with E-state index in [2.05, 4.69) is 6.79 Å². The largest absolute Gasteiger partial charge is 6.00 e. The normalized spacial score (nSPS) is 0.444. The summed E-state index contributed by atoms with van der Waals surface area (Å²) < 4.78 is 0. The fourth-order valence-electron chi connectivity index (χ4n) is 0. The second-order valence-electron chi connectivity index (χ2n) is 0. The molecule has 0 saturated carbocycles. The third-order valence-electron chi connectivity index (χ3n) is 0. The van der Waals surface area contributed by atoms with E-state index in [1.54, 1.807) is 0 Å². The van der Waals surface area contributed by atoms with E-state index in [9.17, 15) is 0 Å². The molecule has 0 aliphatic heterocycles. The standard InChI is InChI=1S/CO.6FH.Mo/c1-2;;;;;;;/h;6*1H;/q;;;;;;;+6/p-6. The maximum atomic E-state index is 7.50. The van der Waals surface area contributed by atoms with Gasteiger partial charge in [0.05, 0.1) is 0 Å². The van der Waals surface area contributed by atoms with Gasteiger partial charge in [-0.25, -0.2) is 0 Å². The molecular weight excluding hydrogens is 238 g/mol. The molecule has 0 aromatic carbocycles. The summed E-state index contributed by atoms with van der Waals surface area (Å²) in [4.78, 5) is 7.50. The first-order valence-corrected chi connectivity index (χ1v) is 0.204. The van der Waals surface area contributed by atoms with Crippen LogP contribution in [0, 0.1) is 0 Å². The van der Waals surface area contributed by atoms with Crippen LogP contribution in [0.3, 0.4) is 0 Å². The van der Waals surface area contributed by atoms with Crippen LogP contribution in [0.4, 0.5) is 0 Å². The van der Waals surface area contributed by atoms with Crippen molar-refractivity contribution in [3.05, 3.63) is 0 Å². The molecule has 0 unspecified atom stereocenters. The zero-order valence-corrected chi connectivity index (χ0v) is 5.59. The molecule has 1 nitrogen and oxygen atoms in total. The monoisotopic (exact) mass is 240 g/mol. The van der Waals surface area contributed by atoms with Gasteiger partial charge in [-0.2, -0.15) is 0 Å². The Morgan fingerprint density at radius 1 is 0.556 bits per heavy atom. The molecular formula is CF6MoO. The van der Waals surface area contributed by atoms with Gasteiger partial charge < -0.3 is 28.2 Å². The van der Waals surface area contributed by atoms with Crippen LogP contribution in [0.1, 0.15) is 0 Å². The summed E-state index contributed by atoms with van der Waals surface area (Å²) in [6.45, 7) is 4.50. The molecule has 0 fully saturated rings. The Labute approximate surface area is 61.7 Å². The van der Waals surface area contributed by atoms with E-state index in [0.717, 1.165) is 0 Å². The first-order valence-electron chi connectivity index (χ1n) is 0.204. The molecule has 8 heteroatoms. The Hall–Kier alpha value is -0.0617. The molecule has 0 amide bonds. The van der Waals surface area contributed by atoms with E-state index in [1.807, 2.05) is 0 Å². The van der Waals surface area contributed by atoms with E-state index in [0.29, 0.717) is 0 Å². The van der Waals surface area contributed by atoms with Crippen LogP contribution in [-0.2, 0) is 25.9 Å². The Balaban J connectivity index is -0.000000000238. The van der Waals surface area contributed by atoms with Crippen molar-refractivity contribution in [2.45, 2.75) is 0 Å². The first-order chi connectivity index (χ1) is 1.00. The zero-order valence-electron chi connectivity index (χ0n) is 3.58. The van der Waals surface area contributed by atoms with Gasteiger partial charge in [0.1, 0.15) is 0 Å². The minimum Gasteiger partial charge on any atom is -1.00 e. The van der Waals surface area contributed by atoms with Crippen LogP contribution in [0.25, 0.3) is 0 Å². The Morgan fingerprint density at radius 2 is 0.556 bits per heavy atom. The average molecular weight is 238 g/mol. The van der Waals surface area contributed by atoms with Crippen molar-refractivity contribution in [3.8, 4) is 0 Å². The van der Waals surface area contributed by atoms with Gasteiger partial charge in [0.25, 0.3) is 6.79 Å². The molecule has 0 aromatic heterocycles. The van der Waals surface area contributed by atoms with Crippen LogP contribution in [-0.4, -0.2) is 6.79 Å². The number of halogens is 6. The van der Waals surface area contributed by atoms with Crippen molar-refractivity contribution in [3.63, 3.8) is 0 Å². The zero-order chi connectivity index (χ0) is 2.00. The Bertz CT molecular complexity index is 13.0. The van der Waals surface area contributed by atoms with E-state index >= 15 is 0 Å². The van der Waals surface area contributed by atoms with Gasteiger partial charge in [0.2, 0.25) is 0 Å². The molecule has 0 N–H and O–H groups in total. The van der Waals surface area contributed by atoms with Crippen molar-refractivity contribution < 1.29 is 54.1 Å². The number of hydrogen-bond acceptors (Lipinski definition) is 1. The number of hydrogen-bond donors (Lipinski definition) is 0. The molecule has 2 radical (unpaired) electrons. The van der Waals surface area contributed by atoms with E-state index < -0.39 is 0 Å². The summed E-state index contributed by atoms with van der Waals surface area (Å²) in [5, 5.41) is 0. The SMILES string of the molecule is [C]=O.[F-].[F-].[F-].[F-].[F-].[F-].[Mo+6]. The third kappa shape index (κ3) is 73600. The molecule has 0 rings (SSSR count). The Morgan fingerprint density at radius 3 is 0.556 bits per heavy atom. The third-order valence-corrected chi connectivity index (χ3v) is 0. The average Bonchev–Trinajstić information content (AvgIpc) is 1.00. The summed E-state index contributed by atoms with van der Waals surface area (Å²) >= 11 is 0. The molecule has 0 spiro atoms. The molecule has 0 heterocycles. The quantitative estimate of drug-likeness (QED) is 0.302. The predicted molar refractivity (Wildman–Crippen MR) is 5.69 cm³/mol. The van der Waals surface area contributed by atoms with E-state index in [-0.39, 0.29) is 49.3 Å². The van der Waals surface area contributed by atoms with E-state index in [4.69, 9.17) is 4.79 Å². The van der Waals surface area contributed by atoms with Gasteiger partial charge in [-0.3, -0.25) is 4.79 Å². The molecule has 0 saturated heterocycles. The maximum Gasteiger partial charge on any atom is 6.00 e. The molecule has 9 heavy (non-hydrogen) atoms. The number of carbonyl (C=O) groups excluding carboxylic acids is 1. The topological polar surface area (TPSA) is 17.1 Å². The molecule has 58 valence electrons. The van der Waals surface area contributed by atoms with Crippen molar-refractivity contribution in [1.29, 1.82) is 0 Å². The predicted octanol–water partition coefficient (Wildman–Crippen LogP) is -18.4. The Kier molecular flexibility index (Phi) is 7140000. The fourth-order valence-corrected chi connectivity index (χ4v) is 0. The van der Waals surface area contributed by atoms with Crippen molar-refractivity contribution >= 4 is 6.79 Å². The van der Waals surface area contributed by atoms with Crippen molar-refractivity contribution in [1.82, 2.24) is 0 Å².